The minimum absolute atomic E-state index is 1.02. The van der Waals surface area contributed by atoms with Gasteiger partial charge in [-0.1, -0.05) is 84.9 Å². The monoisotopic (exact) mass is 354 g/mol. The van der Waals surface area contributed by atoms with E-state index in [-0.39, 0.29) is 0 Å². The van der Waals surface area contributed by atoms with Gasteiger partial charge < -0.3 is 4.90 Å². The van der Waals surface area contributed by atoms with Crippen LogP contribution in [-0.2, 0) is 0 Å². The van der Waals surface area contributed by atoms with Gasteiger partial charge in [-0.2, -0.15) is 0 Å². The topological polar surface area (TPSA) is 6.48 Å². The van der Waals surface area contributed by atoms with Crippen molar-refractivity contribution in [3.05, 3.63) is 96.6 Å². The molecule has 0 amide bonds. The van der Waals surface area contributed by atoms with Gasteiger partial charge in [0.25, 0.3) is 0 Å². The van der Waals surface area contributed by atoms with Gasteiger partial charge in [-0.3, -0.25) is 4.90 Å². The molecule has 2 heteroatoms. The third-order valence-corrected chi connectivity index (χ3v) is 5.19. The Morgan fingerprint density at radius 2 is 1.22 bits per heavy atom. The maximum atomic E-state index is 2.52. The molecule has 0 aromatic heterocycles. The minimum atomic E-state index is 1.02. The molecule has 1 aliphatic rings. The predicted molar refractivity (Wildman–Crippen MR) is 116 cm³/mol. The molecule has 4 rings (SSSR count). The lowest BCUT2D eigenvalue weighted by Crippen LogP contribution is -2.46. The van der Waals surface area contributed by atoms with E-state index < -0.39 is 0 Å². The maximum absolute atomic E-state index is 2.52. The number of anilines is 1. The molecule has 136 valence electrons. The van der Waals surface area contributed by atoms with Crippen LogP contribution >= 0.6 is 0 Å². The highest BCUT2D eigenvalue weighted by molar-refractivity contribution is 5.65. The molecule has 0 bridgehead atoms. The summed E-state index contributed by atoms with van der Waals surface area (Å²) in [7, 11) is 0. The van der Waals surface area contributed by atoms with Crippen molar-refractivity contribution in [2.45, 2.75) is 0 Å². The lowest BCUT2D eigenvalue weighted by atomic mass is 10.0. The van der Waals surface area contributed by atoms with Crippen LogP contribution in [0.25, 0.3) is 17.2 Å². The first-order valence-corrected chi connectivity index (χ1v) is 9.73. The lowest BCUT2D eigenvalue weighted by Gasteiger charge is -2.35. The van der Waals surface area contributed by atoms with E-state index in [1.807, 2.05) is 0 Å². The zero-order valence-electron chi connectivity index (χ0n) is 15.7. The first-order chi connectivity index (χ1) is 13.4. The van der Waals surface area contributed by atoms with E-state index >= 15 is 0 Å². The summed E-state index contributed by atoms with van der Waals surface area (Å²) in [5, 5.41) is 0. The molecular weight excluding hydrogens is 328 g/mol. The van der Waals surface area contributed by atoms with Gasteiger partial charge >= 0.3 is 0 Å². The van der Waals surface area contributed by atoms with Crippen LogP contribution in [0.4, 0.5) is 5.69 Å². The molecule has 27 heavy (non-hydrogen) atoms. The molecule has 1 saturated heterocycles. The van der Waals surface area contributed by atoms with Crippen molar-refractivity contribution in [3.8, 4) is 11.1 Å². The van der Waals surface area contributed by atoms with Crippen molar-refractivity contribution in [2.24, 2.45) is 0 Å². The van der Waals surface area contributed by atoms with Crippen molar-refractivity contribution in [2.75, 3.05) is 37.6 Å². The van der Waals surface area contributed by atoms with E-state index in [2.05, 4.69) is 107 Å². The van der Waals surface area contributed by atoms with Crippen LogP contribution in [0.3, 0.4) is 0 Å². The summed E-state index contributed by atoms with van der Waals surface area (Å²) < 4.78 is 0. The van der Waals surface area contributed by atoms with E-state index in [1.54, 1.807) is 0 Å². The van der Waals surface area contributed by atoms with Crippen LogP contribution in [0.5, 0.6) is 0 Å². The van der Waals surface area contributed by atoms with Crippen LogP contribution in [0.15, 0.2) is 91.0 Å². The van der Waals surface area contributed by atoms with Gasteiger partial charge in [-0.05, 0) is 28.8 Å². The van der Waals surface area contributed by atoms with Crippen LogP contribution in [-0.4, -0.2) is 37.6 Å². The Morgan fingerprint density at radius 3 is 1.89 bits per heavy atom. The number of rotatable bonds is 5. The van der Waals surface area contributed by atoms with Gasteiger partial charge in [0.1, 0.15) is 0 Å². The molecule has 3 aromatic carbocycles. The van der Waals surface area contributed by atoms with Crippen molar-refractivity contribution in [1.82, 2.24) is 4.90 Å². The predicted octanol–water partition coefficient (Wildman–Crippen LogP) is 5.19. The Bertz CT molecular complexity index is 846. The average molecular weight is 354 g/mol. The molecule has 1 heterocycles. The molecule has 0 N–H and O–H groups in total. The third kappa shape index (κ3) is 4.66. The molecule has 0 saturated carbocycles. The number of hydrogen-bond acceptors (Lipinski definition) is 2. The molecule has 0 atom stereocenters. The number of piperazine rings is 1. The average Bonchev–Trinajstić information content (AvgIpc) is 2.76. The maximum Gasteiger partial charge on any atom is 0.0367 e. The van der Waals surface area contributed by atoms with Gasteiger partial charge in [-0.15, -0.1) is 0 Å². The molecule has 3 aromatic rings. The Labute approximate surface area is 162 Å². The molecule has 1 aliphatic heterocycles. The second-order valence-electron chi connectivity index (χ2n) is 7.01. The highest BCUT2D eigenvalue weighted by Gasteiger charge is 2.15. The standard InChI is InChI=1S/C25H26N2/c1-3-9-23(10-4-1)24-15-13-22(14-16-24)8-7-17-26-18-20-27(21-19-26)25-11-5-2-6-12-25/h1-16H,17-21H2/b8-7-. The smallest absolute Gasteiger partial charge is 0.0367 e. The molecular formula is C25H26N2. The summed E-state index contributed by atoms with van der Waals surface area (Å²) in [5.41, 5.74) is 5.14. The summed E-state index contributed by atoms with van der Waals surface area (Å²) in [6.07, 6.45) is 4.52. The van der Waals surface area contributed by atoms with Crippen LogP contribution in [0.2, 0.25) is 0 Å². The van der Waals surface area contributed by atoms with Crippen molar-refractivity contribution in [3.63, 3.8) is 0 Å². The quantitative estimate of drug-likeness (QED) is 0.622. The molecule has 0 unspecified atom stereocenters. The molecule has 0 radical (unpaired) electrons. The fourth-order valence-electron chi connectivity index (χ4n) is 3.58. The van der Waals surface area contributed by atoms with Crippen LogP contribution < -0.4 is 4.90 Å². The first kappa shape index (κ1) is 17.6. The van der Waals surface area contributed by atoms with E-state index in [4.69, 9.17) is 0 Å². The molecule has 2 nitrogen and oxygen atoms in total. The van der Waals surface area contributed by atoms with Crippen LogP contribution in [0.1, 0.15) is 5.56 Å². The highest BCUT2D eigenvalue weighted by atomic mass is 15.3. The van der Waals surface area contributed by atoms with Gasteiger partial charge in [0.2, 0.25) is 0 Å². The fraction of sp³-hybridized carbons (Fsp3) is 0.200. The van der Waals surface area contributed by atoms with Crippen molar-refractivity contribution in [1.29, 1.82) is 0 Å². The number of nitrogens with zero attached hydrogens (tertiary/aromatic N) is 2. The highest BCUT2D eigenvalue weighted by Crippen LogP contribution is 2.20. The summed E-state index contributed by atoms with van der Waals surface area (Å²) in [6, 6.07) is 30.1. The van der Waals surface area contributed by atoms with Gasteiger partial charge in [0, 0.05) is 38.4 Å². The molecule has 0 spiro atoms. The van der Waals surface area contributed by atoms with Gasteiger partial charge in [0.15, 0.2) is 0 Å². The van der Waals surface area contributed by atoms with E-state index in [9.17, 15) is 0 Å². The zero-order valence-corrected chi connectivity index (χ0v) is 15.7. The Hall–Kier alpha value is -2.84. The largest absolute Gasteiger partial charge is 0.369 e. The normalized spacial score (nSPS) is 15.3. The minimum Gasteiger partial charge on any atom is -0.369 e. The lowest BCUT2D eigenvalue weighted by molar-refractivity contribution is 0.284. The van der Waals surface area contributed by atoms with Gasteiger partial charge in [-0.25, -0.2) is 0 Å². The van der Waals surface area contributed by atoms with Crippen LogP contribution in [0, 0.1) is 0 Å². The number of benzene rings is 3. The summed E-state index contributed by atoms with van der Waals surface area (Å²) >= 11 is 0. The fourth-order valence-corrected chi connectivity index (χ4v) is 3.58. The summed E-state index contributed by atoms with van der Waals surface area (Å²) in [4.78, 5) is 5.00. The van der Waals surface area contributed by atoms with E-state index in [1.165, 1.54) is 22.4 Å². The van der Waals surface area contributed by atoms with Gasteiger partial charge in [0.05, 0.1) is 0 Å². The number of hydrogen-bond donors (Lipinski definition) is 0. The molecule has 1 fully saturated rings. The summed E-state index contributed by atoms with van der Waals surface area (Å²) in [5.74, 6) is 0. The van der Waals surface area contributed by atoms with E-state index in [0.29, 0.717) is 0 Å². The summed E-state index contributed by atoms with van der Waals surface area (Å²) in [6.45, 7) is 5.45. The van der Waals surface area contributed by atoms with Crippen molar-refractivity contribution >= 4 is 11.8 Å². The zero-order chi connectivity index (χ0) is 18.3. The molecule has 0 aliphatic carbocycles. The third-order valence-electron chi connectivity index (χ3n) is 5.19. The second kappa shape index (κ2) is 8.70. The first-order valence-electron chi connectivity index (χ1n) is 9.73. The van der Waals surface area contributed by atoms with Crippen molar-refractivity contribution < 1.29 is 0 Å². The Kier molecular flexibility index (Phi) is 5.66. The SMILES string of the molecule is C(=C/c1ccc(-c2ccccc2)cc1)/CN1CCN(c2ccccc2)CC1. The second-order valence-corrected chi connectivity index (χ2v) is 7.01. The Morgan fingerprint density at radius 1 is 0.630 bits per heavy atom. The van der Waals surface area contributed by atoms with E-state index in [0.717, 1.165) is 32.7 Å². The number of para-hydroxylation sites is 1. The Balaban J connectivity index is 1.27.